The summed E-state index contributed by atoms with van der Waals surface area (Å²) < 4.78 is 0. The lowest BCUT2D eigenvalue weighted by atomic mass is 9.85. The van der Waals surface area contributed by atoms with Gasteiger partial charge in [-0.3, -0.25) is 0 Å². The molecule has 0 bridgehead atoms. The van der Waals surface area contributed by atoms with Gasteiger partial charge in [0.05, 0.1) is 0 Å². The number of fused-ring (bicyclic) bond motifs is 1. The van der Waals surface area contributed by atoms with Crippen LogP contribution in [0.3, 0.4) is 0 Å². The molecule has 0 nitrogen and oxygen atoms in total. The van der Waals surface area contributed by atoms with Crippen LogP contribution in [0.1, 0.15) is 31.9 Å². The van der Waals surface area contributed by atoms with Gasteiger partial charge in [0.25, 0.3) is 0 Å². The van der Waals surface area contributed by atoms with Crippen LogP contribution in [-0.2, 0) is 6.42 Å². The van der Waals surface area contributed by atoms with Crippen molar-refractivity contribution in [3.05, 3.63) is 47.5 Å². The Morgan fingerprint density at radius 1 is 0.938 bits per heavy atom. The van der Waals surface area contributed by atoms with E-state index < -0.39 is 0 Å². The zero-order chi connectivity index (χ0) is 11.8. The number of rotatable bonds is 1. The van der Waals surface area contributed by atoms with Crippen LogP contribution >= 0.6 is 0 Å². The van der Waals surface area contributed by atoms with Gasteiger partial charge in [-0.2, -0.15) is 0 Å². The summed E-state index contributed by atoms with van der Waals surface area (Å²) in [6, 6.07) is 13.1. The lowest BCUT2D eigenvalue weighted by Gasteiger charge is -2.20. The monoisotopic (exact) mass is 212 g/mol. The Bertz CT molecular complexity index is 501. The first-order valence-corrected chi connectivity index (χ1v) is 5.95. The molecule has 16 heavy (non-hydrogen) atoms. The van der Waals surface area contributed by atoms with E-state index in [4.69, 9.17) is 0 Å². The van der Waals surface area contributed by atoms with E-state index in [0.29, 0.717) is 5.41 Å². The first-order chi connectivity index (χ1) is 7.47. The normalized spacial score (nSPS) is 12.0. The Balaban J connectivity index is 2.53. The molecule has 0 aliphatic rings. The second kappa shape index (κ2) is 3.93. The van der Waals surface area contributed by atoms with Crippen LogP contribution in [0.4, 0.5) is 0 Å². The molecule has 0 fully saturated rings. The van der Waals surface area contributed by atoms with Gasteiger partial charge in [-0.15, -0.1) is 0 Å². The molecule has 84 valence electrons. The molecule has 0 radical (unpaired) electrons. The molecule has 0 aliphatic heterocycles. The quantitative estimate of drug-likeness (QED) is 0.640. The fourth-order valence-corrected chi connectivity index (χ4v) is 2.24. The van der Waals surface area contributed by atoms with Crippen molar-refractivity contribution in [3.63, 3.8) is 0 Å². The summed E-state index contributed by atoms with van der Waals surface area (Å²) in [6.45, 7) is 9.12. The van der Waals surface area contributed by atoms with E-state index in [1.54, 1.807) is 0 Å². The Labute approximate surface area is 98.3 Å². The highest BCUT2D eigenvalue weighted by Crippen LogP contribution is 2.27. The molecule has 2 aromatic rings. The Hall–Kier alpha value is -1.30. The summed E-state index contributed by atoms with van der Waals surface area (Å²) in [5.74, 6) is 0. The molecule has 0 N–H and O–H groups in total. The summed E-state index contributed by atoms with van der Waals surface area (Å²) in [6.07, 6.45) is 1.14. The molecule has 2 aromatic carbocycles. The zero-order valence-corrected chi connectivity index (χ0v) is 10.7. The number of hydrogen-bond acceptors (Lipinski definition) is 0. The van der Waals surface area contributed by atoms with Crippen LogP contribution in [0.25, 0.3) is 10.8 Å². The largest absolute Gasteiger partial charge is 0.0616 e. The van der Waals surface area contributed by atoms with Gasteiger partial charge in [0.15, 0.2) is 0 Å². The Morgan fingerprint density at radius 2 is 1.62 bits per heavy atom. The second-order valence-corrected chi connectivity index (χ2v) is 5.81. The summed E-state index contributed by atoms with van der Waals surface area (Å²) in [5.41, 5.74) is 3.27. The average Bonchev–Trinajstić information content (AvgIpc) is 2.21. The van der Waals surface area contributed by atoms with Gasteiger partial charge in [0, 0.05) is 0 Å². The molecule has 0 aromatic heterocycles. The topological polar surface area (TPSA) is 0 Å². The van der Waals surface area contributed by atoms with Crippen molar-refractivity contribution in [1.82, 2.24) is 0 Å². The van der Waals surface area contributed by atoms with Crippen LogP contribution in [0, 0.1) is 12.3 Å². The second-order valence-electron chi connectivity index (χ2n) is 5.81. The Morgan fingerprint density at radius 3 is 2.31 bits per heavy atom. The molecular weight excluding hydrogens is 192 g/mol. The smallest absolute Gasteiger partial charge is 0.0152 e. The van der Waals surface area contributed by atoms with Gasteiger partial charge in [0.2, 0.25) is 0 Å². The maximum absolute atomic E-state index is 2.29. The van der Waals surface area contributed by atoms with Gasteiger partial charge >= 0.3 is 0 Å². The summed E-state index contributed by atoms with van der Waals surface area (Å²) in [7, 11) is 0. The molecule has 0 unspecified atom stereocenters. The number of aryl methyl sites for hydroxylation is 1. The Kier molecular flexibility index (Phi) is 2.75. The van der Waals surface area contributed by atoms with E-state index in [1.165, 1.54) is 21.9 Å². The summed E-state index contributed by atoms with van der Waals surface area (Å²) in [4.78, 5) is 0. The van der Waals surface area contributed by atoms with Crippen molar-refractivity contribution >= 4 is 10.8 Å². The minimum absolute atomic E-state index is 0.354. The molecule has 0 amide bonds. The zero-order valence-electron chi connectivity index (χ0n) is 10.7. The van der Waals surface area contributed by atoms with Gasteiger partial charge in [-0.1, -0.05) is 57.2 Å². The maximum Gasteiger partial charge on any atom is -0.0152 e. The molecular formula is C16H20. The molecule has 0 aliphatic carbocycles. The molecule has 0 saturated carbocycles. The first-order valence-electron chi connectivity index (χ1n) is 5.95. The van der Waals surface area contributed by atoms with Crippen LogP contribution in [-0.4, -0.2) is 0 Å². The molecule has 0 spiro atoms. The van der Waals surface area contributed by atoms with E-state index >= 15 is 0 Å². The van der Waals surface area contributed by atoms with Crippen molar-refractivity contribution < 1.29 is 0 Å². The highest BCUT2D eigenvalue weighted by atomic mass is 14.2. The SMILES string of the molecule is Cc1c(CC(C)(C)C)ccc2ccccc12. The molecule has 0 saturated heterocycles. The van der Waals surface area contributed by atoms with E-state index in [1.807, 2.05) is 0 Å². The van der Waals surface area contributed by atoms with E-state index in [0.717, 1.165) is 6.42 Å². The van der Waals surface area contributed by atoms with Crippen molar-refractivity contribution in [1.29, 1.82) is 0 Å². The third-order valence-corrected chi connectivity index (χ3v) is 3.03. The number of hydrogen-bond donors (Lipinski definition) is 0. The van der Waals surface area contributed by atoms with Crippen molar-refractivity contribution in [2.75, 3.05) is 0 Å². The van der Waals surface area contributed by atoms with E-state index in [2.05, 4.69) is 64.1 Å². The van der Waals surface area contributed by atoms with Crippen LogP contribution in [0.15, 0.2) is 36.4 Å². The highest BCUT2D eigenvalue weighted by molar-refractivity contribution is 5.86. The minimum Gasteiger partial charge on any atom is -0.0616 e. The highest BCUT2D eigenvalue weighted by Gasteiger charge is 2.13. The van der Waals surface area contributed by atoms with E-state index in [-0.39, 0.29) is 0 Å². The predicted molar refractivity (Wildman–Crippen MR) is 71.8 cm³/mol. The number of benzene rings is 2. The molecule has 0 heterocycles. The fraction of sp³-hybridized carbons (Fsp3) is 0.375. The van der Waals surface area contributed by atoms with Gasteiger partial charge in [0.1, 0.15) is 0 Å². The average molecular weight is 212 g/mol. The maximum atomic E-state index is 2.29. The van der Waals surface area contributed by atoms with Crippen LogP contribution in [0.5, 0.6) is 0 Å². The van der Waals surface area contributed by atoms with Crippen LogP contribution < -0.4 is 0 Å². The third kappa shape index (κ3) is 2.27. The lowest BCUT2D eigenvalue weighted by molar-refractivity contribution is 0.410. The molecule has 0 heteroatoms. The van der Waals surface area contributed by atoms with Crippen molar-refractivity contribution in [2.24, 2.45) is 5.41 Å². The van der Waals surface area contributed by atoms with Gasteiger partial charge in [-0.05, 0) is 40.7 Å². The third-order valence-electron chi connectivity index (χ3n) is 3.03. The summed E-state index contributed by atoms with van der Waals surface area (Å²) >= 11 is 0. The summed E-state index contributed by atoms with van der Waals surface area (Å²) in [5, 5.41) is 2.74. The minimum atomic E-state index is 0.354. The van der Waals surface area contributed by atoms with Crippen molar-refractivity contribution in [2.45, 2.75) is 34.1 Å². The standard InChI is InChI=1S/C16H20/c1-12-14(11-16(2,3)4)10-9-13-7-5-6-8-15(12)13/h5-10H,11H2,1-4H3. The van der Waals surface area contributed by atoms with Crippen LogP contribution in [0.2, 0.25) is 0 Å². The first kappa shape index (κ1) is 11.2. The van der Waals surface area contributed by atoms with Crippen molar-refractivity contribution in [3.8, 4) is 0 Å². The predicted octanol–water partition coefficient (Wildman–Crippen LogP) is 4.74. The lowest BCUT2D eigenvalue weighted by Crippen LogP contribution is -2.10. The van der Waals surface area contributed by atoms with Gasteiger partial charge < -0.3 is 0 Å². The van der Waals surface area contributed by atoms with E-state index in [9.17, 15) is 0 Å². The molecule has 2 rings (SSSR count). The fourth-order valence-electron chi connectivity index (χ4n) is 2.24. The van der Waals surface area contributed by atoms with Gasteiger partial charge in [-0.25, -0.2) is 0 Å². The molecule has 0 atom stereocenters.